The summed E-state index contributed by atoms with van der Waals surface area (Å²) in [6, 6.07) is 1.41. The molecule has 1 aromatic carbocycles. The molecule has 0 aliphatic rings. The summed E-state index contributed by atoms with van der Waals surface area (Å²) in [4.78, 5) is 0. The van der Waals surface area contributed by atoms with Crippen molar-refractivity contribution in [1.29, 1.82) is 0 Å². The highest BCUT2D eigenvalue weighted by molar-refractivity contribution is 6.36. The van der Waals surface area contributed by atoms with Crippen LogP contribution >= 0.6 is 23.2 Å². The first-order valence-electron chi connectivity index (χ1n) is 4.83. The fourth-order valence-corrected chi connectivity index (χ4v) is 1.92. The maximum absolute atomic E-state index is 12.0. The van der Waals surface area contributed by atoms with E-state index in [0.717, 1.165) is 12.1 Å². The van der Waals surface area contributed by atoms with Crippen molar-refractivity contribution >= 4 is 23.2 Å². The number of benzene rings is 1. The number of nitrogens with two attached hydrogens (primary N) is 1. The van der Waals surface area contributed by atoms with Crippen LogP contribution in [-0.2, 0) is 6.42 Å². The molecule has 0 aliphatic heterocycles. The van der Waals surface area contributed by atoms with Crippen molar-refractivity contribution in [3.05, 3.63) is 27.7 Å². The fourth-order valence-electron chi connectivity index (χ4n) is 1.29. The Bertz CT molecular complexity index is 403. The van der Waals surface area contributed by atoms with E-state index in [1.807, 2.05) is 0 Å². The molecule has 18 heavy (non-hydrogen) atoms. The van der Waals surface area contributed by atoms with Crippen molar-refractivity contribution in [2.75, 3.05) is 6.61 Å². The monoisotopic (exact) mass is 303 g/mol. The summed E-state index contributed by atoms with van der Waals surface area (Å²) in [5.74, 6) is -0.501. The molecule has 1 aromatic rings. The molecular formula is C10H10Cl2F3NO2. The first-order chi connectivity index (χ1) is 8.23. The third-order valence-corrected chi connectivity index (χ3v) is 2.72. The molecular weight excluding hydrogens is 294 g/mol. The highest BCUT2D eigenvalue weighted by atomic mass is 35.5. The number of hydrogen-bond acceptors (Lipinski definition) is 3. The second kappa shape index (κ2) is 5.97. The molecule has 3 nitrogen and oxygen atoms in total. The van der Waals surface area contributed by atoms with Gasteiger partial charge in [0.25, 0.3) is 0 Å². The lowest BCUT2D eigenvalue weighted by Gasteiger charge is -2.14. The van der Waals surface area contributed by atoms with Gasteiger partial charge in [0.15, 0.2) is 0 Å². The smallest absolute Gasteiger partial charge is 0.406 e. The second-order valence-electron chi connectivity index (χ2n) is 3.56. The largest absolute Gasteiger partial charge is 0.573 e. The SMILES string of the molecule is NC(CO)Cc1c(Cl)cc(OC(F)(F)F)cc1Cl. The average Bonchev–Trinajstić information content (AvgIpc) is 2.20. The lowest BCUT2D eigenvalue weighted by atomic mass is 10.1. The van der Waals surface area contributed by atoms with Gasteiger partial charge in [-0.1, -0.05) is 23.2 Å². The molecule has 3 N–H and O–H groups in total. The highest BCUT2D eigenvalue weighted by Gasteiger charge is 2.31. The number of hydrogen-bond donors (Lipinski definition) is 2. The maximum Gasteiger partial charge on any atom is 0.573 e. The Morgan fingerprint density at radius 1 is 1.28 bits per heavy atom. The van der Waals surface area contributed by atoms with E-state index in [1.54, 1.807) is 0 Å². The zero-order valence-electron chi connectivity index (χ0n) is 8.97. The van der Waals surface area contributed by atoms with E-state index in [2.05, 4.69) is 4.74 Å². The van der Waals surface area contributed by atoms with Crippen LogP contribution in [0.25, 0.3) is 0 Å². The van der Waals surface area contributed by atoms with E-state index in [9.17, 15) is 13.2 Å². The number of rotatable bonds is 4. The maximum atomic E-state index is 12.0. The quantitative estimate of drug-likeness (QED) is 0.899. The average molecular weight is 304 g/mol. The number of ether oxygens (including phenoxy) is 1. The summed E-state index contributed by atoms with van der Waals surface area (Å²) in [6.45, 7) is -0.284. The first kappa shape index (κ1) is 15.4. The summed E-state index contributed by atoms with van der Waals surface area (Å²) < 4.78 is 39.7. The van der Waals surface area contributed by atoms with Gasteiger partial charge in [-0.05, 0) is 24.1 Å². The lowest BCUT2D eigenvalue weighted by molar-refractivity contribution is -0.274. The number of halogens is 5. The second-order valence-corrected chi connectivity index (χ2v) is 4.37. The molecule has 0 aliphatic carbocycles. The van der Waals surface area contributed by atoms with Crippen LogP contribution in [0.2, 0.25) is 10.0 Å². The Labute approximate surface area is 111 Å². The van der Waals surface area contributed by atoms with Gasteiger partial charge >= 0.3 is 6.36 Å². The minimum atomic E-state index is -4.81. The van der Waals surface area contributed by atoms with E-state index >= 15 is 0 Å². The van der Waals surface area contributed by atoms with Gasteiger partial charge < -0.3 is 15.6 Å². The van der Waals surface area contributed by atoms with Crippen LogP contribution in [-0.4, -0.2) is 24.1 Å². The van der Waals surface area contributed by atoms with Crippen molar-refractivity contribution in [2.24, 2.45) is 5.73 Å². The van der Waals surface area contributed by atoms with Gasteiger partial charge in [-0.25, -0.2) is 0 Å². The van der Waals surface area contributed by atoms with Crippen LogP contribution in [0.15, 0.2) is 12.1 Å². The molecule has 0 fully saturated rings. The molecule has 0 radical (unpaired) electrons. The molecule has 0 heterocycles. The van der Waals surface area contributed by atoms with Crippen LogP contribution < -0.4 is 10.5 Å². The summed E-state index contributed by atoms with van der Waals surface area (Å²) in [5, 5.41) is 8.81. The normalized spacial score (nSPS) is 13.5. The van der Waals surface area contributed by atoms with Crippen LogP contribution in [0.3, 0.4) is 0 Å². The van der Waals surface area contributed by atoms with Crippen molar-refractivity contribution in [3.63, 3.8) is 0 Å². The Balaban J connectivity index is 2.97. The summed E-state index contributed by atoms with van der Waals surface area (Å²) >= 11 is 11.6. The zero-order valence-corrected chi connectivity index (χ0v) is 10.5. The van der Waals surface area contributed by atoms with E-state index in [-0.39, 0.29) is 23.1 Å². The third kappa shape index (κ3) is 4.53. The van der Waals surface area contributed by atoms with E-state index < -0.39 is 18.2 Å². The molecule has 0 saturated carbocycles. The van der Waals surface area contributed by atoms with Crippen LogP contribution in [0, 0.1) is 0 Å². The van der Waals surface area contributed by atoms with E-state index in [4.69, 9.17) is 34.0 Å². The molecule has 102 valence electrons. The van der Waals surface area contributed by atoms with Crippen molar-refractivity contribution < 1.29 is 23.0 Å². The van der Waals surface area contributed by atoms with Crippen LogP contribution in [0.5, 0.6) is 5.75 Å². The van der Waals surface area contributed by atoms with Crippen molar-refractivity contribution in [3.8, 4) is 5.75 Å². The standard InChI is InChI=1S/C10H10Cl2F3NO2/c11-8-2-6(18-10(13,14)15)3-9(12)7(8)1-5(16)4-17/h2-3,5,17H,1,4,16H2. The molecule has 0 bridgehead atoms. The molecule has 1 atom stereocenters. The number of aliphatic hydroxyl groups is 1. The molecule has 0 saturated heterocycles. The molecule has 1 unspecified atom stereocenters. The van der Waals surface area contributed by atoms with Crippen molar-refractivity contribution in [1.82, 2.24) is 0 Å². The minimum Gasteiger partial charge on any atom is -0.406 e. The Morgan fingerprint density at radius 2 is 1.78 bits per heavy atom. The Hall–Kier alpha value is -0.690. The highest BCUT2D eigenvalue weighted by Crippen LogP contribution is 2.33. The third-order valence-electron chi connectivity index (χ3n) is 2.05. The van der Waals surface area contributed by atoms with Gasteiger partial charge in [-0.3, -0.25) is 0 Å². The first-order valence-corrected chi connectivity index (χ1v) is 5.58. The van der Waals surface area contributed by atoms with Gasteiger partial charge in [0.05, 0.1) is 6.61 Å². The number of aliphatic hydroxyl groups excluding tert-OH is 1. The van der Waals surface area contributed by atoms with Crippen LogP contribution in [0.1, 0.15) is 5.56 Å². The number of alkyl halides is 3. The summed E-state index contributed by atoms with van der Waals surface area (Å²) in [6.07, 6.45) is -4.66. The molecule has 1 rings (SSSR count). The molecule has 0 aromatic heterocycles. The predicted octanol–water partition coefficient (Wildman–Crippen LogP) is 2.75. The summed E-state index contributed by atoms with van der Waals surface area (Å²) in [5.41, 5.74) is 5.87. The zero-order chi connectivity index (χ0) is 13.9. The minimum absolute atomic E-state index is 0.00523. The topological polar surface area (TPSA) is 55.5 Å². The van der Waals surface area contributed by atoms with Gasteiger partial charge in [-0.15, -0.1) is 13.2 Å². The van der Waals surface area contributed by atoms with Crippen molar-refractivity contribution in [2.45, 2.75) is 18.8 Å². The van der Waals surface area contributed by atoms with Gasteiger partial charge in [0.1, 0.15) is 5.75 Å². The summed E-state index contributed by atoms with van der Waals surface area (Å²) in [7, 11) is 0. The van der Waals surface area contributed by atoms with Gasteiger partial charge in [-0.2, -0.15) is 0 Å². The van der Waals surface area contributed by atoms with E-state index in [1.165, 1.54) is 0 Å². The fraction of sp³-hybridized carbons (Fsp3) is 0.400. The Kier molecular flexibility index (Phi) is 5.10. The van der Waals surface area contributed by atoms with E-state index in [0.29, 0.717) is 5.56 Å². The van der Waals surface area contributed by atoms with Crippen LogP contribution in [0.4, 0.5) is 13.2 Å². The molecule has 8 heteroatoms. The lowest BCUT2D eigenvalue weighted by Crippen LogP contribution is -2.27. The van der Waals surface area contributed by atoms with Gasteiger partial charge in [0, 0.05) is 16.1 Å². The molecule has 0 amide bonds. The predicted molar refractivity (Wildman–Crippen MR) is 61.9 cm³/mol. The molecule has 0 spiro atoms. The van der Waals surface area contributed by atoms with Gasteiger partial charge in [0.2, 0.25) is 0 Å². The Morgan fingerprint density at radius 3 is 2.17 bits per heavy atom.